The van der Waals surface area contributed by atoms with E-state index >= 15 is 0 Å². The summed E-state index contributed by atoms with van der Waals surface area (Å²) in [6, 6.07) is 8.63. The van der Waals surface area contributed by atoms with Crippen LogP contribution in [0.3, 0.4) is 0 Å². The van der Waals surface area contributed by atoms with Crippen molar-refractivity contribution < 1.29 is 9.59 Å². The lowest BCUT2D eigenvalue weighted by atomic mass is 10.2. The number of hydrogen-bond donors (Lipinski definition) is 2. The van der Waals surface area contributed by atoms with Crippen LogP contribution >= 0.6 is 11.6 Å². The number of aromatic nitrogens is 4. The quantitative estimate of drug-likeness (QED) is 0.585. The van der Waals surface area contributed by atoms with E-state index in [-0.39, 0.29) is 36.0 Å². The second-order valence-corrected chi connectivity index (χ2v) is 6.71. The van der Waals surface area contributed by atoms with E-state index < -0.39 is 23.2 Å². The van der Waals surface area contributed by atoms with E-state index in [9.17, 15) is 19.2 Å². The summed E-state index contributed by atoms with van der Waals surface area (Å²) in [4.78, 5) is 52.4. The van der Waals surface area contributed by atoms with E-state index in [1.807, 2.05) is 30.3 Å². The number of nitrogens with zero attached hydrogens (tertiary/aromatic N) is 4. The van der Waals surface area contributed by atoms with E-state index in [0.29, 0.717) is 0 Å². The zero-order chi connectivity index (χ0) is 21.1. The van der Waals surface area contributed by atoms with Crippen LogP contribution in [-0.2, 0) is 32.0 Å². The predicted octanol–water partition coefficient (Wildman–Crippen LogP) is 0.503. The molecule has 11 heteroatoms. The minimum absolute atomic E-state index is 0.0145. The number of hydrogen-bond acceptors (Lipinski definition) is 5. The van der Waals surface area contributed by atoms with Crippen LogP contribution in [0.25, 0.3) is 11.2 Å². The highest BCUT2D eigenvalue weighted by atomic mass is 35.5. The molecule has 3 aromatic rings. The molecule has 0 spiro atoms. The van der Waals surface area contributed by atoms with E-state index in [1.165, 1.54) is 23.2 Å². The summed E-state index contributed by atoms with van der Waals surface area (Å²) in [5, 5.41) is 4.78. The lowest BCUT2D eigenvalue weighted by Gasteiger charge is -2.09. The maximum absolute atomic E-state index is 12.4. The maximum atomic E-state index is 12.4. The van der Waals surface area contributed by atoms with Crippen molar-refractivity contribution in [2.24, 2.45) is 14.1 Å². The van der Waals surface area contributed by atoms with Crippen LogP contribution in [0, 0.1) is 0 Å². The number of nitrogens with one attached hydrogen (secondary N) is 2. The average molecular weight is 419 g/mol. The van der Waals surface area contributed by atoms with Gasteiger partial charge in [-0.1, -0.05) is 30.3 Å². The normalized spacial score (nSPS) is 10.9. The topological polar surface area (TPSA) is 120 Å². The van der Waals surface area contributed by atoms with Crippen LogP contribution in [-0.4, -0.2) is 30.6 Å². The number of imide groups is 1. The van der Waals surface area contributed by atoms with E-state index in [4.69, 9.17) is 11.6 Å². The Kier molecular flexibility index (Phi) is 5.83. The highest BCUT2D eigenvalue weighted by Crippen LogP contribution is 2.15. The number of fused-ring (bicyclic) bond motifs is 1. The highest BCUT2D eigenvalue weighted by molar-refractivity contribution is 6.29. The van der Waals surface area contributed by atoms with Gasteiger partial charge in [0.1, 0.15) is 0 Å². The van der Waals surface area contributed by atoms with Crippen molar-refractivity contribution in [3.63, 3.8) is 0 Å². The maximum Gasteiger partial charge on any atom is 0.332 e. The van der Waals surface area contributed by atoms with Gasteiger partial charge in [-0.15, -0.1) is 0 Å². The second-order valence-electron chi connectivity index (χ2n) is 6.38. The van der Waals surface area contributed by atoms with Crippen LogP contribution in [0.4, 0.5) is 4.79 Å². The van der Waals surface area contributed by atoms with Crippen molar-refractivity contribution in [2.45, 2.75) is 19.5 Å². The van der Waals surface area contributed by atoms with E-state index in [0.717, 1.165) is 10.1 Å². The molecule has 2 N–H and O–H groups in total. The first-order valence-corrected chi connectivity index (χ1v) is 9.10. The number of imidazole rings is 1. The number of rotatable bonds is 5. The molecule has 0 bridgehead atoms. The van der Waals surface area contributed by atoms with Crippen molar-refractivity contribution in [2.75, 3.05) is 0 Å². The van der Waals surface area contributed by atoms with E-state index in [1.54, 1.807) is 0 Å². The van der Waals surface area contributed by atoms with Crippen molar-refractivity contribution >= 4 is 34.7 Å². The molecular weight excluding hydrogens is 400 g/mol. The fourth-order valence-electron chi connectivity index (χ4n) is 2.85. The third kappa shape index (κ3) is 4.21. The molecule has 0 aliphatic rings. The first-order valence-electron chi connectivity index (χ1n) is 8.73. The number of amides is 3. The van der Waals surface area contributed by atoms with E-state index in [2.05, 4.69) is 15.6 Å². The summed E-state index contributed by atoms with van der Waals surface area (Å²) in [6.45, 7) is 0.294. The van der Waals surface area contributed by atoms with Crippen LogP contribution < -0.4 is 21.9 Å². The molecule has 2 heterocycles. The Morgan fingerprint density at radius 1 is 1.10 bits per heavy atom. The van der Waals surface area contributed by atoms with Gasteiger partial charge in [-0.05, 0) is 17.2 Å². The number of benzene rings is 1. The molecule has 0 unspecified atom stereocenters. The molecule has 10 nitrogen and oxygen atoms in total. The summed E-state index contributed by atoms with van der Waals surface area (Å²) in [5.74, 6) is -0.546. The van der Waals surface area contributed by atoms with Crippen LogP contribution in [0.15, 0.2) is 39.9 Å². The number of aryl methyl sites for hydroxylation is 2. The van der Waals surface area contributed by atoms with Crippen molar-refractivity contribution in [3.8, 4) is 0 Å². The largest absolute Gasteiger partial charge is 0.334 e. The van der Waals surface area contributed by atoms with Gasteiger partial charge in [-0.2, -0.15) is 4.98 Å². The first-order chi connectivity index (χ1) is 13.8. The first kappa shape index (κ1) is 20.3. The standard InChI is InChI=1S/C18H19ClN6O4/c1-23-14-13(15(27)24(2)18(23)29)25(16(19)22-14)9-8-12(26)21-17(28)20-10-11-6-4-3-5-7-11/h3-7H,8-10H2,1-2H3,(H2,20,21,26,28). The summed E-state index contributed by atoms with van der Waals surface area (Å²) in [7, 11) is 2.82. The molecule has 0 fully saturated rings. The zero-order valence-corrected chi connectivity index (χ0v) is 16.6. The third-order valence-corrected chi connectivity index (χ3v) is 4.70. The van der Waals surface area contributed by atoms with Gasteiger partial charge in [0, 0.05) is 33.6 Å². The molecule has 3 rings (SSSR count). The monoisotopic (exact) mass is 418 g/mol. The molecule has 0 radical (unpaired) electrons. The van der Waals surface area contributed by atoms with Gasteiger partial charge >= 0.3 is 11.7 Å². The Morgan fingerprint density at radius 2 is 1.79 bits per heavy atom. The number of carbonyl (C=O) groups excluding carboxylic acids is 2. The molecular formula is C18H19ClN6O4. The smallest absolute Gasteiger partial charge is 0.332 e. The van der Waals surface area contributed by atoms with Crippen molar-refractivity contribution in [1.82, 2.24) is 29.3 Å². The molecule has 152 valence electrons. The van der Waals surface area contributed by atoms with Crippen LogP contribution in [0.5, 0.6) is 0 Å². The Labute approximate surface area is 169 Å². The minimum Gasteiger partial charge on any atom is -0.334 e. The molecule has 3 amide bonds. The molecule has 0 saturated heterocycles. The molecule has 0 aliphatic carbocycles. The van der Waals surface area contributed by atoms with Gasteiger partial charge in [0.2, 0.25) is 11.2 Å². The summed E-state index contributed by atoms with van der Waals surface area (Å²) in [5.41, 5.74) is 0.0402. The lowest BCUT2D eigenvalue weighted by Crippen LogP contribution is -2.39. The molecule has 29 heavy (non-hydrogen) atoms. The zero-order valence-electron chi connectivity index (χ0n) is 15.8. The molecule has 0 atom stereocenters. The minimum atomic E-state index is -0.626. The number of carbonyl (C=O) groups is 2. The highest BCUT2D eigenvalue weighted by Gasteiger charge is 2.19. The summed E-state index contributed by atoms with van der Waals surface area (Å²) in [6.07, 6.45) is -0.115. The van der Waals surface area contributed by atoms with Crippen molar-refractivity contribution in [1.29, 1.82) is 0 Å². The van der Waals surface area contributed by atoms with Gasteiger partial charge in [-0.25, -0.2) is 9.59 Å². The summed E-state index contributed by atoms with van der Waals surface area (Å²) >= 11 is 6.10. The number of urea groups is 1. The Bertz CT molecular complexity index is 1200. The van der Waals surface area contributed by atoms with Gasteiger partial charge in [-0.3, -0.25) is 24.0 Å². The second kappa shape index (κ2) is 8.31. The fourth-order valence-corrected chi connectivity index (χ4v) is 3.10. The van der Waals surface area contributed by atoms with Gasteiger partial charge in [0.15, 0.2) is 11.2 Å². The Hall–Kier alpha value is -3.40. The molecule has 0 saturated carbocycles. The van der Waals surface area contributed by atoms with Gasteiger partial charge < -0.3 is 9.88 Å². The lowest BCUT2D eigenvalue weighted by molar-refractivity contribution is -0.120. The summed E-state index contributed by atoms with van der Waals surface area (Å²) < 4.78 is 3.49. The van der Waals surface area contributed by atoms with Crippen LogP contribution in [0.2, 0.25) is 5.28 Å². The predicted molar refractivity (Wildman–Crippen MR) is 107 cm³/mol. The Morgan fingerprint density at radius 3 is 2.48 bits per heavy atom. The fraction of sp³-hybridized carbons (Fsp3) is 0.278. The van der Waals surface area contributed by atoms with Crippen LogP contribution in [0.1, 0.15) is 12.0 Å². The average Bonchev–Trinajstić information content (AvgIpc) is 3.04. The Balaban J connectivity index is 1.67. The third-order valence-electron chi connectivity index (χ3n) is 4.41. The van der Waals surface area contributed by atoms with Gasteiger partial charge in [0.25, 0.3) is 5.56 Å². The molecule has 0 aliphatic heterocycles. The van der Waals surface area contributed by atoms with Crippen molar-refractivity contribution in [3.05, 3.63) is 62.0 Å². The number of halogens is 1. The van der Waals surface area contributed by atoms with Gasteiger partial charge in [0.05, 0.1) is 0 Å². The molecule has 2 aromatic heterocycles. The SMILES string of the molecule is Cn1c(=O)c2c(nc(Cl)n2CCC(=O)NC(=O)NCc2ccccc2)n(C)c1=O. The molecule has 1 aromatic carbocycles.